The minimum Gasteiger partial charge on any atom is -0.407 e. The van der Waals surface area contributed by atoms with Gasteiger partial charge in [0.15, 0.2) is 0 Å². The van der Waals surface area contributed by atoms with Gasteiger partial charge in [-0.2, -0.15) is 0 Å². The first kappa shape index (κ1) is 12.9. The molecule has 2 aromatic rings. The van der Waals surface area contributed by atoms with Crippen molar-refractivity contribution in [1.29, 1.82) is 0 Å². The summed E-state index contributed by atoms with van der Waals surface area (Å²) >= 11 is 0. The van der Waals surface area contributed by atoms with Crippen molar-refractivity contribution in [2.24, 2.45) is 17.8 Å². The maximum Gasteiger partial charge on any atom is 0.347 e. The number of fused-ring (bicyclic) bond motifs is 1. The van der Waals surface area contributed by atoms with E-state index in [0.29, 0.717) is 5.39 Å². The maximum absolute atomic E-state index is 12.5. The highest BCUT2D eigenvalue weighted by Crippen LogP contribution is 2.60. The lowest BCUT2D eigenvalue weighted by Crippen LogP contribution is -2.49. The zero-order chi connectivity index (χ0) is 14.9. The molecule has 3 heteroatoms. The van der Waals surface area contributed by atoms with E-state index in [1.54, 1.807) is 0 Å². The summed E-state index contributed by atoms with van der Waals surface area (Å²) in [6.45, 7) is 1.95. The number of aromatic nitrogens is 1. The Kier molecular flexibility index (Phi) is 2.46. The van der Waals surface area contributed by atoms with Gasteiger partial charge in [-0.25, -0.2) is 9.78 Å². The first-order valence-corrected chi connectivity index (χ1v) is 8.54. The molecule has 22 heavy (non-hydrogen) atoms. The molecule has 4 aliphatic carbocycles. The van der Waals surface area contributed by atoms with E-state index < -0.39 is 0 Å². The highest BCUT2D eigenvalue weighted by atomic mass is 16.4. The third kappa shape index (κ3) is 1.68. The molecule has 4 bridgehead atoms. The second-order valence-corrected chi connectivity index (χ2v) is 7.97. The van der Waals surface area contributed by atoms with Crippen molar-refractivity contribution in [3.05, 3.63) is 40.1 Å². The highest BCUT2D eigenvalue weighted by Gasteiger charge is 2.54. The van der Waals surface area contributed by atoms with E-state index >= 15 is 0 Å². The van der Waals surface area contributed by atoms with Crippen molar-refractivity contribution >= 4 is 10.9 Å². The number of hydrogen-bond acceptors (Lipinski definition) is 3. The molecule has 1 heterocycles. The molecule has 4 aliphatic rings. The largest absolute Gasteiger partial charge is 0.407 e. The minimum atomic E-state index is -0.200. The van der Waals surface area contributed by atoms with Crippen molar-refractivity contribution in [2.75, 3.05) is 0 Å². The van der Waals surface area contributed by atoms with Gasteiger partial charge in [0.25, 0.3) is 0 Å². The first-order chi connectivity index (χ1) is 10.6. The zero-order valence-corrected chi connectivity index (χ0v) is 13.0. The van der Waals surface area contributed by atoms with Crippen molar-refractivity contribution in [3.63, 3.8) is 0 Å². The summed E-state index contributed by atoms with van der Waals surface area (Å²) in [7, 11) is 0. The molecular formula is C19H21NO2. The summed E-state index contributed by atoms with van der Waals surface area (Å²) < 4.78 is 5.79. The molecule has 0 saturated heterocycles. The predicted molar refractivity (Wildman–Crippen MR) is 84.9 cm³/mol. The Morgan fingerprint density at radius 2 is 1.73 bits per heavy atom. The lowest BCUT2D eigenvalue weighted by atomic mass is 9.49. The molecule has 0 amide bonds. The van der Waals surface area contributed by atoms with Crippen LogP contribution in [0.1, 0.15) is 50.0 Å². The minimum absolute atomic E-state index is 0.0475. The molecular weight excluding hydrogens is 274 g/mol. The summed E-state index contributed by atoms with van der Waals surface area (Å²) in [5.41, 5.74) is 1.61. The molecule has 3 nitrogen and oxygen atoms in total. The third-order valence-corrected chi connectivity index (χ3v) is 6.36. The van der Waals surface area contributed by atoms with Crippen molar-refractivity contribution < 1.29 is 4.42 Å². The smallest absolute Gasteiger partial charge is 0.347 e. The van der Waals surface area contributed by atoms with E-state index in [4.69, 9.17) is 9.40 Å². The quantitative estimate of drug-likeness (QED) is 0.799. The Labute approximate surface area is 129 Å². The fourth-order valence-corrected chi connectivity index (χ4v) is 5.88. The number of hydrogen-bond donors (Lipinski definition) is 0. The van der Waals surface area contributed by atoms with E-state index in [2.05, 4.69) is 0 Å². The van der Waals surface area contributed by atoms with Gasteiger partial charge < -0.3 is 4.42 Å². The Balaban J connectivity index is 1.70. The lowest BCUT2D eigenvalue weighted by Gasteiger charge is -2.55. The molecule has 4 fully saturated rings. The molecule has 4 saturated carbocycles. The van der Waals surface area contributed by atoms with Crippen LogP contribution in [-0.2, 0) is 5.41 Å². The van der Waals surface area contributed by atoms with E-state index in [0.717, 1.165) is 34.7 Å². The van der Waals surface area contributed by atoms with E-state index in [1.165, 1.54) is 38.5 Å². The van der Waals surface area contributed by atoms with E-state index in [1.807, 2.05) is 25.1 Å². The van der Waals surface area contributed by atoms with Crippen LogP contribution in [0, 0.1) is 24.7 Å². The van der Waals surface area contributed by atoms with Crippen molar-refractivity contribution in [1.82, 2.24) is 4.98 Å². The van der Waals surface area contributed by atoms with Gasteiger partial charge in [-0.3, -0.25) is 0 Å². The number of rotatable bonds is 1. The van der Waals surface area contributed by atoms with Crippen LogP contribution in [0.3, 0.4) is 0 Å². The summed E-state index contributed by atoms with van der Waals surface area (Å²) in [5, 5.41) is 0.649. The topological polar surface area (TPSA) is 43.1 Å². The Hall–Kier alpha value is -1.64. The summed E-state index contributed by atoms with van der Waals surface area (Å²) in [6, 6.07) is 5.88. The normalized spacial score (nSPS) is 36.1. The second kappa shape index (κ2) is 4.21. The fourth-order valence-electron chi connectivity index (χ4n) is 5.88. The molecule has 0 unspecified atom stereocenters. The van der Waals surface area contributed by atoms with Crippen LogP contribution in [0.25, 0.3) is 10.9 Å². The first-order valence-electron chi connectivity index (χ1n) is 8.54. The van der Waals surface area contributed by atoms with E-state index in [-0.39, 0.29) is 11.0 Å². The predicted octanol–water partition coefficient (Wildman–Crippen LogP) is 3.96. The van der Waals surface area contributed by atoms with Crippen LogP contribution >= 0.6 is 0 Å². The Morgan fingerprint density at radius 3 is 2.36 bits per heavy atom. The van der Waals surface area contributed by atoms with Crippen LogP contribution in [-0.4, -0.2) is 4.98 Å². The SMILES string of the molecule is Cc1cccc2nc(C34CC5CC(CC(C5)C3)C4)oc(=O)c12. The van der Waals surface area contributed by atoms with Crippen LogP contribution in [0.15, 0.2) is 27.4 Å². The molecule has 0 atom stereocenters. The molecule has 114 valence electrons. The van der Waals surface area contributed by atoms with Gasteiger partial charge in [-0.15, -0.1) is 0 Å². The molecule has 1 aromatic carbocycles. The standard InChI is InChI=1S/C19H21NO2/c1-11-3-2-4-15-16(11)17(21)22-18(20-15)19-8-12-5-13(9-19)7-14(6-12)10-19/h2-4,12-14H,5-10H2,1H3. The fraction of sp³-hybridized carbons (Fsp3) is 0.579. The van der Waals surface area contributed by atoms with Gasteiger partial charge in [-0.1, -0.05) is 12.1 Å². The molecule has 0 spiro atoms. The lowest BCUT2D eigenvalue weighted by molar-refractivity contribution is -0.0193. The monoisotopic (exact) mass is 295 g/mol. The molecule has 1 aromatic heterocycles. The van der Waals surface area contributed by atoms with Gasteiger partial charge in [-0.05, 0) is 74.8 Å². The zero-order valence-electron chi connectivity index (χ0n) is 13.0. The number of nitrogens with zero attached hydrogens (tertiary/aromatic N) is 1. The summed E-state index contributed by atoms with van der Waals surface area (Å²) in [6.07, 6.45) is 7.67. The van der Waals surface area contributed by atoms with Crippen molar-refractivity contribution in [3.8, 4) is 0 Å². The van der Waals surface area contributed by atoms with Gasteiger partial charge in [0.1, 0.15) is 0 Å². The van der Waals surface area contributed by atoms with Crippen molar-refractivity contribution in [2.45, 2.75) is 50.9 Å². The summed E-state index contributed by atoms with van der Waals surface area (Å²) in [4.78, 5) is 17.3. The highest BCUT2D eigenvalue weighted by molar-refractivity contribution is 5.80. The summed E-state index contributed by atoms with van der Waals surface area (Å²) in [5.74, 6) is 3.21. The third-order valence-electron chi connectivity index (χ3n) is 6.36. The van der Waals surface area contributed by atoms with Gasteiger partial charge in [0.05, 0.1) is 10.9 Å². The average Bonchev–Trinajstić information content (AvgIpc) is 2.45. The Bertz CT molecular complexity index is 785. The van der Waals surface area contributed by atoms with E-state index in [9.17, 15) is 4.79 Å². The van der Waals surface area contributed by atoms with Crippen LogP contribution in [0.5, 0.6) is 0 Å². The van der Waals surface area contributed by atoms with Gasteiger partial charge in [0.2, 0.25) is 5.89 Å². The van der Waals surface area contributed by atoms with Crippen LogP contribution in [0.4, 0.5) is 0 Å². The average molecular weight is 295 g/mol. The molecule has 6 rings (SSSR count). The van der Waals surface area contributed by atoms with Gasteiger partial charge in [0, 0.05) is 5.41 Å². The molecule has 0 N–H and O–H groups in total. The van der Waals surface area contributed by atoms with Gasteiger partial charge >= 0.3 is 5.63 Å². The second-order valence-electron chi connectivity index (χ2n) is 7.97. The van der Waals surface area contributed by atoms with Crippen LogP contribution < -0.4 is 5.63 Å². The number of aryl methyl sites for hydroxylation is 1. The molecule has 0 radical (unpaired) electrons. The maximum atomic E-state index is 12.5. The number of benzene rings is 1. The van der Waals surface area contributed by atoms with Crippen LogP contribution in [0.2, 0.25) is 0 Å². The molecule has 0 aliphatic heterocycles. The Morgan fingerprint density at radius 1 is 1.09 bits per heavy atom.